The van der Waals surface area contributed by atoms with E-state index < -0.39 is 11.6 Å². The first-order valence-electron chi connectivity index (χ1n) is 8.49. The van der Waals surface area contributed by atoms with Crippen LogP contribution < -0.4 is 5.63 Å². The first kappa shape index (κ1) is 18.2. The lowest BCUT2D eigenvalue weighted by molar-refractivity contribution is -0.138. The molecule has 0 spiro atoms. The van der Waals surface area contributed by atoms with Crippen LogP contribution in [0.3, 0.4) is 0 Å². The van der Waals surface area contributed by atoms with E-state index in [2.05, 4.69) is 0 Å². The van der Waals surface area contributed by atoms with Gasteiger partial charge in [0, 0.05) is 23.1 Å². The lowest BCUT2D eigenvalue weighted by Crippen LogP contribution is -2.05. The molecule has 0 saturated carbocycles. The fourth-order valence-electron chi connectivity index (χ4n) is 2.64. The molecule has 3 rings (SSSR count). The van der Waals surface area contributed by atoms with Gasteiger partial charge in [0.15, 0.2) is 0 Å². The lowest BCUT2D eigenvalue weighted by atomic mass is 10.1. The third-order valence-electron chi connectivity index (χ3n) is 4.12. The predicted octanol–water partition coefficient (Wildman–Crippen LogP) is 3.98. The van der Waals surface area contributed by atoms with Gasteiger partial charge in [-0.25, -0.2) is 9.59 Å². The van der Waals surface area contributed by atoms with E-state index in [0.717, 1.165) is 22.9 Å². The average Bonchev–Trinajstić information content (AvgIpc) is 2.70. The number of carbonyl (C=O) groups is 1. The van der Waals surface area contributed by atoms with Gasteiger partial charge in [-0.15, -0.1) is 0 Å². The van der Waals surface area contributed by atoms with Gasteiger partial charge in [-0.3, -0.25) is 0 Å². The monoisotopic (exact) mass is 359 g/mol. The number of nitriles is 1. The van der Waals surface area contributed by atoms with E-state index >= 15 is 0 Å². The number of aryl methyl sites for hydroxylation is 1. The Bertz CT molecular complexity index is 1100. The molecule has 0 aliphatic heterocycles. The molecular weight excluding hydrogens is 342 g/mol. The molecule has 0 N–H and O–H groups in total. The van der Waals surface area contributed by atoms with E-state index in [1.807, 2.05) is 31.2 Å². The van der Waals surface area contributed by atoms with E-state index in [9.17, 15) is 9.59 Å². The van der Waals surface area contributed by atoms with Crippen LogP contribution in [-0.2, 0) is 22.6 Å². The first-order valence-corrected chi connectivity index (χ1v) is 8.49. The molecule has 5 nitrogen and oxygen atoms in total. The highest BCUT2D eigenvalue weighted by Crippen LogP contribution is 2.20. The fourth-order valence-corrected chi connectivity index (χ4v) is 2.64. The van der Waals surface area contributed by atoms with Gasteiger partial charge >= 0.3 is 11.6 Å². The Kier molecular flexibility index (Phi) is 5.48. The van der Waals surface area contributed by atoms with Crippen molar-refractivity contribution < 1.29 is 13.9 Å². The zero-order valence-electron chi connectivity index (χ0n) is 14.8. The number of nitrogens with zero attached hydrogens (tertiary/aromatic N) is 1. The molecule has 0 amide bonds. The summed E-state index contributed by atoms with van der Waals surface area (Å²) in [5, 5.41) is 9.52. The topological polar surface area (TPSA) is 80.3 Å². The van der Waals surface area contributed by atoms with E-state index in [1.54, 1.807) is 30.3 Å². The summed E-state index contributed by atoms with van der Waals surface area (Å²) in [6, 6.07) is 15.8. The standard InChI is InChI=1S/C22H17NO4/c1-2-15-7-9-19-18(12-22(25)27-20(19)11-15)14-26-21(24)10-8-16-3-5-17(13-23)6-4-16/h3-12H,2,14H2,1H3/b10-8+. The van der Waals surface area contributed by atoms with Crippen LogP contribution in [0.2, 0.25) is 0 Å². The highest BCUT2D eigenvalue weighted by atomic mass is 16.5. The van der Waals surface area contributed by atoms with Crippen LogP contribution in [0.4, 0.5) is 0 Å². The van der Waals surface area contributed by atoms with Crippen molar-refractivity contribution in [2.75, 3.05) is 0 Å². The second-order valence-electron chi connectivity index (χ2n) is 5.95. The molecular formula is C22H17NO4. The molecule has 5 heteroatoms. The number of esters is 1. The third-order valence-corrected chi connectivity index (χ3v) is 4.12. The Morgan fingerprint density at radius 3 is 2.67 bits per heavy atom. The molecule has 3 aromatic rings. The van der Waals surface area contributed by atoms with Gasteiger partial charge in [0.25, 0.3) is 0 Å². The minimum absolute atomic E-state index is 0.0237. The van der Waals surface area contributed by atoms with Crippen molar-refractivity contribution in [2.45, 2.75) is 20.0 Å². The van der Waals surface area contributed by atoms with E-state index in [0.29, 0.717) is 16.7 Å². The van der Waals surface area contributed by atoms with E-state index in [1.165, 1.54) is 12.1 Å². The van der Waals surface area contributed by atoms with Crippen molar-refractivity contribution in [3.8, 4) is 6.07 Å². The molecule has 0 atom stereocenters. The van der Waals surface area contributed by atoms with Gasteiger partial charge in [0.1, 0.15) is 12.2 Å². The van der Waals surface area contributed by atoms with Crippen LogP contribution in [0.25, 0.3) is 17.0 Å². The van der Waals surface area contributed by atoms with Crippen molar-refractivity contribution in [3.05, 3.63) is 87.3 Å². The zero-order chi connectivity index (χ0) is 19.2. The second-order valence-corrected chi connectivity index (χ2v) is 5.95. The smallest absolute Gasteiger partial charge is 0.336 e. The number of rotatable bonds is 5. The van der Waals surface area contributed by atoms with Gasteiger partial charge in [0.2, 0.25) is 0 Å². The Morgan fingerprint density at radius 1 is 1.19 bits per heavy atom. The quantitative estimate of drug-likeness (QED) is 0.391. The Hall–Kier alpha value is -3.65. The number of fused-ring (bicyclic) bond motifs is 1. The van der Waals surface area contributed by atoms with Crippen molar-refractivity contribution in [1.29, 1.82) is 5.26 Å². The summed E-state index contributed by atoms with van der Waals surface area (Å²) in [5.41, 5.74) is 3.00. The highest BCUT2D eigenvalue weighted by Gasteiger charge is 2.08. The molecule has 134 valence electrons. The minimum atomic E-state index is -0.522. The Morgan fingerprint density at radius 2 is 1.96 bits per heavy atom. The maximum atomic E-state index is 12.0. The van der Waals surface area contributed by atoms with Crippen LogP contribution in [0.15, 0.2) is 63.8 Å². The summed E-state index contributed by atoms with van der Waals surface area (Å²) in [4.78, 5) is 23.7. The maximum Gasteiger partial charge on any atom is 0.336 e. The molecule has 0 radical (unpaired) electrons. The van der Waals surface area contributed by atoms with Crippen molar-refractivity contribution in [1.82, 2.24) is 0 Å². The van der Waals surface area contributed by atoms with Crippen molar-refractivity contribution >= 4 is 23.0 Å². The van der Waals surface area contributed by atoms with Crippen molar-refractivity contribution in [3.63, 3.8) is 0 Å². The third kappa shape index (κ3) is 4.50. The second kappa shape index (κ2) is 8.15. The SMILES string of the molecule is CCc1ccc2c(COC(=O)/C=C/c3ccc(C#N)cc3)cc(=O)oc2c1. The zero-order valence-corrected chi connectivity index (χ0v) is 14.8. The van der Waals surface area contributed by atoms with Gasteiger partial charge in [0.05, 0.1) is 11.6 Å². The Balaban J connectivity index is 1.72. The summed E-state index contributed by atoms with van der Waals surface area (Å²) in [5.74, 6) is -0.522. The molecule has 2 aromatic carbocycles. The molecule has 0 unspecified atom stereocenters. The normalized spacial score (nSPS) is 10.8. The van der Waals surface area contributed by atoms with Crippen LogP contribution >= 0.6 is 0 Å². The summed E-state index contributed by atoms with van der Waals surface area (Å²) >= 11 is 0. The van der Waals surface area contributed by atoms with Crippen LogP contribution in [0.5, 0.6) is 0 Å². The highest BCUT2D eigenvalue weighted by molar-refractivity contribution is 5.87. The molecule has 0 bridgehead atoms. The molecule has 27 heavy (non-hydrogen) atoms. The number of hydrogen-bond donors (Lipinski definition) is 0. The number of ether oxygens (including phenoxy) is 1. The molecule has 1 aromatic heterocycles. The fraction of sp³-hybridized carbons (Fsp3) is 0.136. The van der Waals surface area contributed by atoms with Crippen LogP contribution in [-0.4, -0.2) is 5.97 Å². The average molecular weight is 359 g/mol. The largest absolute Gasteiger partial charge is 0.458 e. The van der Waals surface area contributed by atoms with Gasteiger partial charge in [-0.2, -0.15) is 5.26 Å². The first-order chi connectivity index (χ1) is 13.1. The summed E-state index contributed by atoms with van der Waals surface area (Å²) in [6.07, 6.45) is 3.75. The molecule has 1 heterocycles. The van der Waals surface area contributed by atoms with Gasteiger partial charge < -0.3 is 9.15 Å². The Labute approximate surface area is 156 Å². The maximum absolute atomic E-state index is 12.0. The minimum Gasteiger partial charge on any atom is -0.458 e. The number of carbonyl (C=O) groups excluding carboxylic acids is 1. The molecule has 0 aliphatic carbocycles. The van der Waals surface area contributed by atoms with E-state index in [4.69, 9.17) is 14.4 Å². The molecule has 0 fully saturated rings. The summed E-state index contributed by atoms with van der Waals surface area (Å²) in [7, 11) is 0. The predicted molar refractivity (Wildman–Crippen MR) is 102 cm³/mol. The van der Waals surface area contributed by atoms with Crippen molar-refractivity contribution in [2.24, 2.45) is 0 Å². The van der Waals surface area contributed by atoms with Gasteiger partial charge in [-0.1, -0.05) is 31.2 Å². The number of benzene rings is 2. The van der Waals surface area contributed by atoms with Gasteiger partial charge in [-0.05, 0) is 41.8 Å². The number of hydrogen-bond acceptors (Lipinski definition) is 5. The lowest BCUT2D eigenvalue weighted by Gasteiger charge is -2.07. The molecule has 0 saturated heterocycles. The van der Waals surface area contributed by atoms with E-state index in [-0.39, 0.29) is 6.61 Å². The summed E-state index contributed by atoms with van der Waals surface area (Å²) in [6.45, 7) is 2.00. The van der Waals surface area contributed by atoms with Crippen LogP contribution in [0.1, 0.15) is 29.2 Å². The van der Waals surface area contributed by atoms with Crippen LogP contribution in [0, 0.1) is 11.3 Å². The molecule has 0 aliphatic rings. The summed E-state index contributed by atoms with van der Waals surface area (Å²) < 4.78 is 10.5.